The molecular formula is C12H22N8O2. The summed E-state index contributed by atoms with van der Waals surface area (Å²) < 4.78 is 4.92. The number of hydrogen-bond donors (Lipinski definition) is 4. The van der Waals surface area contributed by atoms with Crippen LogP contribution in [0.15, 0.2) is 23.0 Å². The number of aryl methyl sites for hydroxylation is 1. The van der Waals surface area contributed by atoms with E-state index in [-0.39, 0.29) is 0 Å². The third-order valence-electron chi connectivity index (χ3n) is 2.71. The lowest BCUT2D eigenvalue weighted by molar-refractivity contribution is -0.0984. The molecule has 1 aromatic rings. The molecule has 22 heavy (non-hydrogen) atoms. The Labute approximate surface area is 129 Å². The first-order chi connectivity index (χ1) is 10.5. The van der Waals surface area contributed by atoms with Gasteiger partial charge in [-0.25, -0.2) is 31.7 Å². The maximum Gasteiger partial charge on any atom is 0.186 e. The van der Waals surface area contributed by atoms with Gasteiger partial charge in [0, 0.05) is 11.8 Å². The highest BCUT2D eigenvalue weighted by atomic mass is 16.7. The number of nitrogens with two attached hydrogens (primary N) is 2. The average molecular weight is 310 g/mol. The number of hydrazine groups is 2. The van der Waals surface area contributed by atoms with Gasteiger partial charge in [-0.2, -0.15) is 0 Å². The van der Waals surface area contributed by atoms with Crippen molar-refractivity contribution in [1.82, 2.24) is 20.5 Å². The van der Waals surface area contributed by atoms with Crippen LogP contribution in [0.5, 0.6) is 5.75 Å². The quantitative estimate of drug-likeness (QED) is 0.437. The molecule has 0 saturated carbocycles. The second kappa shape index (κ2) is 8.77. The third kappa shape index (κ3) is 4.84. The van der Waals surface area contributed by atoms with Gasteiger partial charge in [0.15, 0.2) is 11.6 Å². The number of nitrogens with zero attached hydrogens (tertiary/aromatic N) is 4. The van der Waals surface area contributed by atoms with Crippen molar-refractivity contribution in [2.24, 2.45) is 16.7 Å². The molecular weight excluding hydrogens is 288 g/mol. The molecule has 122 valence electrons. The van der Waals surface area contributed by atoms with Crippen molar-refractivity contribution in [2.75, 3.05) is 26.3 Å². The number of amidine groups is 1. The predicted octanol–water partition coefficient (Wildman–Crippen LogP) is -0.334. The fourth-order valence-electron chi connectivity index (χ4n) is 1.57. The van der Waals surface area contributed by atoms with Crippen LogP contribution in [0.1, 0.15) is 12.7 Å². The first-order valence-electron chi connectivity index (χ1n) is 6.41. The summed E-state index contributed by atoms with van der Waals surface area (Å²) in [7, 11) is 3.14. The Morgan fingerprint density at radius 1 is 1.23 bits per heavy atom. The maximum atomic E-state index is 5.17. The van der Waals surface area contributed by atoms with Crippen molar-refractivity contribution in [3.63, 3.8) is 0 Å². The van der Waals surface area contributed by atoms with Crippen molar-refractivity contribution in [1.29, 1.82) is 0 Å². The fraction of sp³-hybridized carbons (Fsp3) is 0.417. The molecule has 1 aromatic heterocycles. The summed E-state index contributed by atoms with van der Waals surface area (Å²) in [5.74, 6) is 12.7. The second-order valence-electron chi connectivity index (χ2n) is 4.15. The summed E-state index contributed by atoms with van der Waals surface area (Å²) in [6.07, 6.45) is 3.38. The van der Waals surface area contributed by atoms with Crippen LogP contribution in [0, 0.1) is 6.92 Å². The van der Waals surface area contributed by atoms with E-state index in [0.717, 1.165) is 5.70 Å². The topological polar surface area (TPSA) is 136 Å². The summed E-state index contributed by atoms with van der Waals surface area (Å²) in [6.45, 7) is 4.19. The van der Waals surface area contributed by atoms with E-state index in [0.29, 0.717) is 29.9 Å². The largest absolute Gasteiger partial charge is 0.491 e. The summed E-state index contributed by atoms with van der Waals surface area (Å²) in [4.78, 5) is 17.0. The van der Waals surface area contributed by atoms with E-state index in [4.69, 9.17) is 21.3 Å². The van der Waals surface area contributed by atoms with E-state index in [2.05, 4.69) is 25.8 Å². The number of aliphatic imine (C=N–C) groups is 1. The molecule has 0 radical (unpaired) electrons. The molecule has 0 fully saturated rings. The lowest BCUT2D eigenvalue weighted by atomic mass is 10.4. The van der Waals surface area contributed by atoms with Gasteiger partial charge in [-0.1, -0.05) is 0 Å². The highest BCUT2D eigenvalue weighted by Gasteiger charge is 2.09. The second-order valence-corrected chi connectivity index (χ2v) is 4.15. The van der Waals surface area contributed by atoms with E-state index >= 15 is 0 Å². The zero-order chi connectivity index (χ0) is 16.5. The van der Waals surface area contributed by atoms with E-state index in [1.54, 1.807) is 25.3 Å². The van der Waals surface area contributed by atoms with Crippen LogP contribution in [0.2, 0.25) is 0 Å². The zero-order valence-electron chi connectivity index (χ0n) is 13.1. The van der Waals surface area contributed by atoms with Crippen molar-refractivity contribution in [3.8, 4) is 5.75 Å². The van der Waals surface area contributed by atoms with Gasteiger partial charge in [0.1, 0.15) is 18.3 Å². The number of hydroxylamine groups is 2. The van der Waals surface area contributed by atoms with Crippen molar-refractivity contribution in [2.45, 2.75) is 13.8 Å². The van der Waals surface area contributed by atoms with Gasteiger partial charge in [-0.05, 0) is 13.8 Å². The standard InChI is InChI=1S/C6H12N4O.C6H10N4O/c1-5-3-6(9-7)8-4-10(5)11-2;1-4-8-3-5(11-2)6(9-4)10-7/h3H,4,7H2,1-2H3,(H,8,9);3H,7H2,1-2H3,(H,8,9,10). The van der Waals surface area contributed by atoms with E-state index in [1.165, 1.54) is 7.11 Å². The summed E-state index contributed by atoms with van der Waals surface area (Å²) in [5.41, 5.74) is 5.86. The summed E-state index contributed by atoms with van der Waals surface area (Å²) in [5, 5.41) is 1.67. The van der Waals surface area contributed by atoms with Crippen LogP contribution < -0.4 is 27.3 Å². The van der Waals surface area contributed by atoms with Crippen LogP contribution in [0.3, 0.4) is 0 Å². The minimum absolute atomic E-state index is 0.484. The molecule has 1 aliphatic rings. The highest BCUT2D eigenvalue weighted by Crippen LogP contribution is 2.17. The number of hydrogen-bond acceptors (Lipinski definition) is 10. The molecule has 1 aliphatic heterocycles. The Hall–Kier alpha value is -2.43. The Kier molecular flexibility index (Phi) is 7.02. The smallest absolute Gasteiger partial charge is 0.186 e. The number of aromatic nitrogens is 2. The van der Waals surface area contributed by atoms with Crippen LogP contribution in [0.4, 0.5) is 5.82 Å². The Bertz CT molecular complexity index is 546. The number of ether oxygens (including phenoxy) is 1. The van der Waals surface area contributed by atoms with E-state index < -0.39 is 0 Å². The van der Waals surface area contributed by atoms with E-state index in [1.807, 2.05) is 13.0 Å². The third-order valence-corrected chi connectivity index (χ3v) is 2.71. The normalized spacial score (nSPS) is 13.5. The highest BCUT2D eigenvalue weighted by molar-refractivity contribution is 5.93. The van der Waals surface area contributed by atoms with Crippen LogP contribution in [0.25, 0.3) is 0 Å². The van der Waals surface area contributed by atoms with E-state index in [9.17, 15) is 0 Å². The molecule has 2 heterocycles. The Morgan fingerprint density at radius 2 is 1.95 bits per heavy atom. The minimum atomic E-state index is 0.484. The number of methoxy groups -OCH3 is 1. The molecule has 0 aliphatic carbocycles. The van der Waals surface area contributed by atoms with Crippen molar-refractivity contribution >= 4 is 11.7 Å². The lowest BCUT2D eigenvalue weighted by Gasteiger charge is -2.23. The van der Waals surface area contributed by atoms with Crippen LogP contribution in [-0.4, -0.2) is 41.8 Å². The minimum Gasteiger partial charge on any atom is -0.491 e. The number of nitrogen functional groups attached to an aromatic ring is 1. The molecule has 0 spiro atoms. The van der Waals surface area contributed by atoms with Gasteiger partial charge in [-0.3, -0.25) is 4.84 Å². The Morgan fingerprint density at radius 3 is 2.45 bits per heavy atom. The van der Waals surface area contributed by atoms with Gasteiger partial charge >= 0.3 is 0 Å². The number of allylic oxidation sites excluding steroid dienone is 1. The van der Waals surface area contributed by atoms with Crippen molar-refractivity contribution in [3.05, 3.63) is 23.8 Å². The molecule has 2 rings (SSSR count). The summed E-state index contributed by atoms with van der Waals surface area (Å²) in [6, 6.07) is 0. The van der Waals surface area contributed by atoms with Crippen LogP contribution in [-0.2, 0) is 4.84 Å². The van der Waals surface area contributed by atoms with Crippen molar-refractivity contribution < 1.29 is 9.57 Å². The predicted molar refractivity (Wildman–Crippen MR) is 83.4 cm³/mol. The fourth-order valence-corrected chi connectivity index (χ4v) is 1.57. The molecule has 6 N–H and O–H groups in total. The maximum absolute atomic E-state index is 5.17. The SMILES string of the molecule is CON1CN=C(NN)C=C1C.COc1cnc(C)nc1NN. The van der Waals surface area contributed by atoms with Gasteiger partial charge < -0.3 is 15.6 Å². The van der Waals surface area contributed by atoms with Gasteiger partial charge in [0.2, 0.25) is 0 Å². The van der Waals surface area contributed by atoms with Crippen LogP contribution >= 0.6 is 0 Å². The van der Waals surface area contributed by atoms with Gasteiger partial charge in [-0.15, -0.1) is 0 Å². The molecule has 0 amide bonds. The molecule has 0 aromatic carbocycles. The average Bonchev–Trinajstić information content (AvgIpc) is 2.55. The Balaban J connectivity index is 0.000000220. The molecule has 0 bridgehead atoms. The number of rotatable bonds is 3. The van der Waals surface area contributed by atoms with Gasteiger partial charge in [0.25, 0.3) is 0 Å². The molecule has 10 heteroatoms. The van der Waals surface area contributed by atoms with Gasteiger partial charge in [0.05, 0.1) is 20.4 Å². The molecule has 0 saturated heterocycles. The lowest BCUT2D eigenvalue weighted by Crippen LogP contribution is -2.35. The zero-order valence-corrected chi connectivity index (χ0v) is 13.1. The number of nitrogens with one attached hydrogen (secondary N) is 2. The number of anilines is 1. The first kappa shape index (κ1) is 17.6. The first-order valence-corrected chi connectivity index (χ1v) is 6.41. The monoisotopic (exact) mass is 310 g/mol. The summed E-state index contributed by atoms with van der Waals surface area (Å²) >= 11 is 0. The molecule has 10 nitrogen and oxygen atoms in total. The molecule has 0 atom stereocenters. The molecule has 0 unspecified atom stereocenters.